The molecule has 0 saturated carbocycles. The molecule has 0 radical (unpaired) electrons. The Kier molecular flexibility index (Phi) is 7.61. The number of hydrogen-bond donors (Lipinski definition) is 0. The standard InChI is InChI=1S/C31H36N2O5Si/c1-31(2,3)39(7,8)38-27-17-14-22(18-28(27)37-6)33-20-25(30(35)32(4)21-12-10-9-11-13-21)29(34)24-19-23(36-5)15-16-26(24)33/h9-20H,1-8H3. The Hall–Kier alpha value is -4.04. The molecule has 7 nitrogen and oxygen atoms in total. The average molecular weight is 545 g/mol. The van der Waals surface area contributed by atoms with Gasteiger partial charge >= 0.3 is 0 Å². The molecule has 1 aromatic heterocycles. The first-order valence-corrected chi connectivity index (χ1v) is 15.7. The van der Waals surface area contributed by atoms with E-state index in [0.717, 1.165) is 5.69 Å². The Balaban J connectivity index is 1.89. The lowest BCUT2D eigenvalue weighted by atomic mass is 10.1. The quantitative estimate of drug-likeness (QED) is 0.243. The van der Waals surface area contributed by atoms with E-state index in [1.165, 1.54) is 4.90 Å². The highest BCUT2D eigenvalue weighted by molar-refractivity contribution is 6.74. The monoisotopic (exact) mass is 544 g/mol. The molecule has 0 bridgehead atoms. The second-order valence-electron chi connectivity index (χ2n) is 11.0. The highest BCUT2D eigenvalue weighted by Crippen LogP contribution is 2.40. The summed E-state index contributed by atoms with van der Waals surface area (Å²) in [7, 11) is 2.70. The van der Waals surface area contributed by atoms with Crippen LogP contribution in [0.5, 0.6) is 17.2 Å². The van der Waals surface area contributed by atoms with Gasteiger partial charge in [-0.3, -0.25) is 9.59 Å². The maximum atomic E-state index is 13.6. The Morgan fingerprint density at radius 2 is 1.59 bits per heavy atom. The zero-order valence-corrected chi connectivity index (χ0v) is 24.9. The first kappa shape index (κ1) is 28.0. The number of amides is 1. The molecule has 0 aliphatic carbocycles. The zero-order valence-electron chi connectivity index (χ0n) is 23.9. The molecular weight excluding hydrogens is 508 g/mol. The van der Waals surface area contributed by atoms with E-state index in [0.29, 0.717) is 33.8 Å². The number of nitrogens with zero attached hydrogens (tertiary/aromatic N) is 2. The van der Waals surface area contributed by atoms with Gasteiger partial charge in [0, 0.05) is 30.7 Å². The SMILES string of the molecule is COc1ccc2c(c1)c(=O)c(C(=O)N(C)c1ccccc1)cn2-c1ccc(O[Si](C)(C)C(C)(C)C)c(OC)c1. The van der Waals surface area contributed by atoms with Gasteiger partial charge in [-0.1, -0.05) is 39.0 Å². The summed E-state index contributed by atoms with van der Waals surface area (Å²) >= 11 is 0. The average Bonchev–Trinajstić information content (AvgIpc) is 2.92. The van der Waals surface area contributed by atoms with Crippen LogP contribution in [-0.4, -0.2) is 40.1 Å². The number of para-hydroxylation sites is 1. The van der Waals surface area contributed by atoms with Gasteiger partial charge in [0.1, 0.15) is 17.1 Å². The summed E-state index contributed by atoms with van der Waals surface area (Å²) < 4.78 is 19.5. The summed E-state index contributed by atoms with van der Waals surface area (Å²) in [6, 6.07) is 20.2. The fourth-order valence-electron chi connectivity index (χ4n) is 4.07. The molecule has 4 aromatic rings. The summed E-state index contributed by atoms with van der Waals surface area (Å²) in [4.78, 5) is 28.7. The van der Waals surface area contributed by atoms with Gasteiger partial charge in [-0.2, -0.15) is 0 Å². The van der Waals surface area contributed by atoms with E-state index < -0.39 is 14.2 Å². The van der Waals surface area contributed by atoms with E-state index in [-0.39, 0.29) is 16.0 Å². The van der Waals surface area contributed by atoms with Gasteiger partial charge in [-0.05, 0) is 60.6 Å². The van der Waals surface area contributed by atoms with Crippen LogP contribution in [0.25, 0.3) is 16.6 Å². The van der Waals surface area contributed by atoms with Gasteiger partial charge < -0.3 is 23.4 Å². The number of carbonyl (C=O) groups excluding carboxylic acids is 1. The molecule has 1 amide bonds. The molecule has 0 saturated heterocycles. The van der Waals surface area contributed by atoms with Crippen molar-refractivity contribution in [1.82, 2.24) is 4.57 Å². The first-order chi connectivity index (χ1) is 18.4. The van der Waals surface area contributed by atoms with Crippen LogP contribution in [0, 0.1) is 0 Å². The number of anilines is 1. The van der Waals surface area contributed by atoms with Gasteiger partial charge in [0.2, 0.25) is 5.43 Å². The van der Waals surface area contributed by atoms with E-state index in [1.807, 2.05) is 59.2 Å². The Morgan fingerprint density at radius 1 is 0.897 bits per heavy atom. The Labute approximate surface area is 230 Å². The molecule has 0 fully saturated rings. The molecule has 0 aliphatic heterocycles. The molecular formula is C31H36N2O5Si. The number of fused-ring (bicyclic) bond motifs is 1. The predicted molar refractivity (Wildman–Crippen MR) is 160 cm³/mol. The van der Waals surface area contributed by atoms with Crippen molar-refractivity contribution >= 4 is 30.8 Å². The smallest absolute Gasteiger partial charge is 0.263 e. The van der Waals surface area contributed by atoms with Crippen molar-refractivity contribution in [2.24, 2.45) is 0 Å². The number of methoxy groups -OCH3 is 2. The molecule has 204 valence electrons. The minimum atomic E-state index is -2.11. The van der Waals surface area contributed by atoms with Crippen LogP contribution in [0.4, 0.5) is 5.69 Å². The Bertz CT molecular complexity index is 1570. The van der Waals surface area contributed by atoms with Crippen LogP contribution in [-0.2, 0) is 0 Å². The topological polar surface area (TPSA) is 70.0 Å². The first-order valence-electron chi connectivity index (χ1n) is 12.8. The van der Waals surface area contributed by atoms with Crippen molar-refractivity contribution in [3.8, 4) is 22.9 Å². The lowest BCUT2D eigenvalue weighted by Crippen LogP contribution is -2.43. The number of rotatable bonds is 7. The normalized spacial score (nSPS) is 11.8. The van der Waals surface area contributed by atoms with Crippen LogP contribution in [0.3, 0.4) is 0 Å². The van der Waals surface area contributed by atoms with Crippen molar-refractivity contribution < 1.29 is 18.7 Å². The minimum absolute atomic E-state index is 0.0185. The molecule has 8 heteroatoms. The van der Waals surface area contributed by atoms with Gasteiger partial charge in [0.05, 0.1) is 25.1 Å². The van der Waals surface area contributed by atoms with E-state index in [2.05, 4.69) is 33.9 Å². The molecule has 0 spiro atoms. The maximum absolute atomic E-state index is 13.6. The number of carbonyl (C=O) groups is 1. The third-order valence-electron chi connectivity index (χ3n) is 7.49. The minimum Gasteiger partial charge on any atom is -0.541 e. The highest BCUT2D eigenvalue weighted by Gasteiger charge is 2.39. The maximum Gasteiger partial charge on any atom is 0.263 e. The van der Waals surface area contributed by atoms with Crippen LogP contribution in [0.15, 0.2) is 77.7 Å². The predicted octanol–water partition coefficient (Wildman–Crippen LogP) is 6.67. The van der Waals surface area contributed by atoms with Crippen molar-refractivity contribution in [2.45, 2.75) is 38.9 Å². The molecule has 39 heavy (non-hydrogen) atoms. The number of hydrogen-bond acceptors (Lipinski definition) is 5. The summed E-state index contributed by atoms with van der Waals surface area (Å²) in [5.74, 6) is 1.37. The van der Waals surface area contributed by atoms with E-state index in [9.17, 15) is 9.59 Å². The second kappa shape index (κ2) is 10.6. The van der Waals surface area contributed by atoms with Crippen LogP contribution < -0.4 is 24.2 Å². The van der Waals surface area contributed by atoms with Gasteiger partial charge in [0.15, 0.2) is 5.75 Å². The number of benzene rings is 3. The van der Waals surface area contributed by atoms with E-state index in [1.54, 1.807) is 39.6 Å². The van der Waals surface area contributed by atoms with Crippen molar-refractivity contribution in [2.75, 3.05) is 26.2 Å². The van der Waals surface area contributed by atoms with Gasteiger partial charge in [-0.15, -0.1) is 0 Å². The fourth-order valence-corrected chi connectivity index (χ4v) is 5.09. The molecule has 3 aromatic carbocycles. The number of aromatic nitrogens is 1. The third-order valence-corrected chi connectivity index (χ3v) is 11.8. The summed E-state index contributed by atoms with van der Waals surface area (Å²) in [6.07, 6.45) is 1.60. The van der Waals surface area contributed by atoms with Gasteiger partial charge in [-0.25, -0.2) is 0 Å². The fraction of sp³-hybridized carbons (Fsp3) is 0.290. The highest BCUT2D eigenvalue weighted by atomic mass is 28.4. The van der Waals surface area contributed by atoms with Crippen LogP contribution >= 0.6 is 0 Å². The number of pyridine rings is 1. The third kappa shape index (κ3) is 5.42. The largest absolute Gasteiger partial charge is 0.541 e. The van der Waals surface area contributed by atoms with Crippen molar-refractivity contribution in [3.05, 3.63) is 88.7 Å². The lowest BCUT2D eigenvalue weighted by Gasteiger charge is -2.36. The van der Waals surface area contributed by atoms with Crippen LogP contribution in [0.2, 0.25) is 18.1 Å². The Morgan fingerprint density at radius 3 is 2.21 bits per heavy atom. The van der Waals surface area contributed by atoms with Crippen molar-refractivity contribution in [1.29, 1.82) is 0 Å². The molecule has 0 aliphatic rings. The second-order valence-corrected chi connectivity index (χ2v) is 15.7. The number of ether oxygens (including phenoxy) is 2. The van der Waals surface area contributed by atoms with E-state index in [4.69, 9.17) is 13.9 Å². The molecule has 0 unspecified atom stereocenters. The summed E-state index contributed by atoms with van der Waals surface area (Å²) in [6.45, 7) is 10.9. The molecule has 0 atom stereocenters. The van der Waals surface area contributed by atoms with Crippen LogP contribution in [0.1, 0.15) is 31.1 Å². The van der Waals surface area contributed by atoms with E-state index >= 15 is 0 Å². The van der Waals surface area contributed by atoms with Gasteiger partial charge in [0.25, 0.3) is 14.2 Å². The summed E-state index contributed by atoms with van der Waals surface area (Å²) in [5, 5.41) is 0.396. The molecule has 4 rings (SSSR count). The molecule has 0 N–H and O–H groups in total. The lowest BCUT2D eigenvalue weighted by molar-refractivity contribution is 0.0991. The summed E-state index contributed by atoms with van der Waals surface area (Å²) in [5.41, 5.74) is 1.73. The zero-order chi connectivity index (χ0) is 28.5. The van der Waals surface area contributed by atoms with Crippen molar-refractivity contribution in [3.63, 3.8) is 0 Å². The molecule has 1 heterocycles.